The van der Waals surface area contributed by atoms with E-state index in [1.165, 1.54) is 27.0 Å². The van der Waals surface area contributed by atoms with E-state index in [9.17, 15) is 13.2 Å². The fraction of sp³-hybridized carbons (Fsp3) is 0.400. The van der Waals surface area contributed by atoms with Crippen molar-refractivity contribution in [2.75, 3.05) is 31.3 Å². The second kappa shape index (κ2) is 9.43. The van der Waals surface area contributed by atoms with Crippen LogP contribution in [0.3, 0.4) is 0 Å². The number of nitrogens with zero attached hydrogens (tertiary/aromatic N) is 4. The normalized spacial score (nSPS) is 19.7. The summed E-state index contributed by atoms with van der Waals surface area (Å²) < 4.78 is 43.4. The highest BCUT2D eigenvalue weighted by Crippen LogP contribution is 2.33. The highest BCUT2D eigenvalue weighted by molar-refractivity contribution is 7.88. The Labute approximate surface area is 204 Å². The molecule has 3 aromatic heterocycles. The van der Waals surface area contributed by atoms with Gasteiger partial charge in [-0.3, -0.25) is 4.79 Å². The lowest BCUT2D eigenvalue weighted by atomic mass is 10.0. The van der Waals surface area contributed by atoms with E-state index in [4.69, 9.17) is 11.6 Å². The topological polar surface area (TPSA) is 87.5 Å². The van der Waals surface area contributed by atoms with Gasteiger partial charge in [0.15, 0.2) is 11.6 Å². The van der Waals surface area contributed by atoms with Crippen molar-refractivity contribution in [3.05, 3.63) is 55.2 Å². The molecule has 3 aromatic rings. The van der Waals surface area contributed by atoms with Crippen LogP contribution in [0.15, 0.2) is 29.0 Å². The molecule has 1 N–H and O–H groups in total. The number of sulfonamides is 1. The molecule has 1 fully saturated rings. The van der Waals surface area contributed by atoms with E-state index >= 15 is 4.39 Å². The minimum Gasteiger partial charge on any atom is -0.352 e. The summed E-state index contributed by atoms with van der Waals surface area (Å²) in [5.74, 6) is -1.12. The molecule has 33 heavy (non-hydrogen) atoms. The van der Waals surface area contributed by atoms with Crippen molar-refractivity contribution >= 4 is 56.0 Å². The number of rotatable bonds is 6. The molecular weight excluding hydrogens is 509 g/mol. The molecule has 8 nitrogen and oxygen atoms in total. The first-order valence-corrected chi connectivity index (χ1v) is 14.1. The van der Waals surface area contributed by atoms with Gasteiger partial charge in [-0.05, 0) is 30.5 Å². The van der Waals surface area contributed by atoms with Gasteiger partial charge in [-0.2, -0.15) is 25.4 Å². The minimum absolute atomic E-state index is 0.00508. The van der Waals surface area contributed by atoms with Gasteiger partial charge in [-0.1, -0.05) is 11.6 Å². The van der Waals surface area contributed by atoms with Crippen molar-refractivity contribution in [3.63, 3.8) is 0 Å². The van der Waals surface area contributed by atoms with Gasteiger partial charge in [0.2, 0.25) is 10.0 Å². The number of anilines is 1. The van der Waals surface area contributed by atoms with Crippen molar-refractivity contribution in [2.45, 2.75) is 25.6 Å². The average molecular weight is 532 g/mol. The van der Waals surface area contributed by atoms with Gasteiger partial charge in [-0.25, -0.2) is 12.8 Å². The maximum Gasteiger partial charge on any atom is 0.281 e. The zero-order chi connectivity index (χ0) is 23.9. The Morgan fingerprint density at radius 2 is 2.15 bits per heavy atom. The molecule has 0 bridgehead atoms. The first kappa shape index (κ1) is 24.3. The summed E-state index contributed by atoms with van der Waals surface area (Å²) in [6, 6.07) is 3.96. The molecule has 0 aromatic carbocycles. The number of nitrogens with one attached hydrogen (secondary N) is 1. The summed E-state index contributed by atoms with van der Waals surface area (Å²) in [4.78, 5) is 15.7. The predicted molar refractivity (Wildman–Crippen MR) is 129 cm³/mol. The standard InChI is InChI=1S/C20H23ClFN5O3S3/c1-12-17(23-7-8-26(12)33(3,29)30)18-16(22)19(25(2)10-14-4-5-15(21)32-14)27(24-18)20(28)13-6-9-31-11-13/h4-6,9,11-12,17,23H,7-8,10H2,1-3H3. The second-order valence-electron chi connectivity index (χ2n) is 7.86. The molecule has 2 atom stereocenters. The van der Waals surface area contributed by atoms with Crippen LogP contribution in [0.1, 0.15) is 33.9 Å². The number of aromatic nitrogens is 2. The van der Waals surface area contributed by atoms with Crippen molar-refractivity contribution < 1.29 is 17.6 Å². The van der Waals surface area contributed by atoms with Gasteiger partial charge < -0.3 is 10.2 Å². The quantitative estimate of drug-likeness (QED) is 0.524. The number of hydrogen-bond acceptors (Lipinski definition) is 8. The number of thiophene rings is 2. The van der Waals surface area contributed by atoms with E-state index in [0.717, 1.165) is 15.8 Å². The van der Waals surface area contributed by atoms with Crippen LogP contribution in [0.5, 0.6) is 0 Å². The average Bonchev–Trinajstić information content (AvgIpc) is 3.48. The van der Waals surface area contributed by atoms with Gasteiger partial charge in [0, 0.05) is 36.4 Å². The Balaban J connectivity index is 1.77. The summed E-state index contributed by atoms with van der Waals surface area (Å²) in [6.45, 7) is 2.64. The van der Waals surface area contributed by atoms with E-state index in [2.05, 4.69) is 10.4 Å². The van der Waals surface area contributed by atoms with Crippen molar-refractivity contribution in [1.29, 1.82) is 0 Å². The molecule has 0 aliphatic carbocycles. The van der Waals surface area contributed by atoms with Crippen LogP contribution in [0.2, 0.25) is 4.34 Å². The third kappa shape index (κ3) is 4.86. The fourth-order valence-corrected chi connectivity index (χ4v) is 6.91. The summed E-state index contributed by atoms with van der Waals surface area (Å²) in [5, 5.41) is 11.0. The number of carbonyl (C=O) groups excluding carboxylic acids is 1. The molecule has 1 aliphatic rings. The van der Waals surface area contributed by atoms with Crippen molar-refractivity contribution in [2.24, 2.45) is 0 Å². The van der Waals surface area contributed by atoms with Gasteiger partial charge in [0.05, 0.1) is 28.7 Å². The Morgan fingerprint density at radius 3 is 2.76 bits per heavy atom. The highest BCUT2D eigenvalue weighted by atomic mass is 35.5. The monoisotopic (exact) mass is 531 g/mol. The van der Waals surface area contributed by atoms with Crippen LogP contribution in [-0.2, 0) is 16.6 Å². The van der Waals surface area contributed by atoms with Crippen molar-refractivity contribution in [1.82, 2.24) is 19.4 Å². The molecule has 2 unspecified atom stereocenters. The molecule has 1 saturated heterocycles. The Kier molecular flexibility index (Phi) is 6.95. The van der Waals surface area contributed by atoms with Crippen LogP contribution in [0, 0.1) is 5.82 Å². The lowest BCUT2D eigenvalue weighted by Gasteiger charge is -2.37. The largest absolute Gasteiger partial charge is 0.352 e. The van der Waals surface area contributed by atoms with Crippen LogP contribution in [0.25, 0.3) is 0 Å². The zero-order valence-electron chi connectivity index (χ0n) is 18.2. The molecule has 0 radical (unpaired) electrons. The number of carbonyl (C=O) groups is 1. The van der Waals surface area contributed by atoms with E-state index in [-0.39, 0.29) is 18.1 Å². The highest BCUT2D eigenvalue weighted by Gasteiger charge is 2.39. The van der Waals surface area contributed by atoms with Gasteiger partial charge in [0.25, 0.3) is 5.91 Å². The molecule has 4 heterocycles. The Morgan fingerprint density at radius 1 is 1.39 bits per heavy atom. The molecule has 0 spiro atoms. The van der Waals surface area contributed by atoms with E-state index in [0.29, 0.717) is 23.0 Å². The van der Waals surface area contributed by atoms with E-state index in [1.54, 1.807) is 41.8 Å². The fourth-order valence-electron chi connectivity index (χ4n) is 3.99. The second-order valence-corrected chi connectivity index (χ2v) is 12.4. The summed E-state index contributed by atoms with van der Waals surface area (Å²) in [5.41, 5.74) is 0.399. The Hall–Kier alpha value is -1.83. The Bertz CT molecular complexity index is 1260. The van der Waals surface area contributed by atoms with Crippen molar-refractivity contribution in [3.8, 4) is 0 Å². The zero-order valence-corrected chi connectivity index (χ0v) is 21.4. The van der Waals surface area contributed by atoms with E-state index in [1.807, 2.05) is 6.07 Å². The smallest absolute Gasteiger partial charge is 0.281 e. The third-order valence-electron chi connectivity index (χ3n) is 5.53. The number of hydrogen-bond donors (Lipinski definition) is 1. The predicted octanol–water partition coefficient (Wildman–Crippen LogP) is 3.42. The van der Waals surface area contributed by atoms with Crippen LogP contribution >= 0.6 is 34.3 Å². The van der Waals surface area contributed by atoms with Crippen LogP contribution in [0.4, 0.5) is 10.2 Å². The van der Waals surface area contributed by atoms with Crippen LogP contribution in [-0.4, -0.2) is 60.8 Å². The van der Waals surface area contributed by atoms with Crippen LogP contribution < -0.4 is 10.2 Å². The summed E-state index contributed by atoms with van der Waals surface area (Å²) in [7, 11) is -1.81. The molecule has 4 rings (SSSR count). The lowest BCUT2D eigenvalue weighted by Crippen LogP contribution is -2.53. The number of halogens is 2. The molecule has 13 heteroatoms. The first-order chi connectivity index (χ1) is 15.6. The number of piperazine rings is 1. The molecule has 178 valence electrons. The molecule has 0 saturated carbocycles. The summed E-state index contributed by atoms with van der Waals surface area (Å²) in [6.07, 6.45) is 1.13. The molecule has 1 aliphatic heterocycles. The molecular formula is C20H23ClFN5O3S3. The SMILES string of the molecule is CC1C(c2nn(C(=O)c3ccsc3)c(N(C)Cc3ccc(Cl)s3)c2F)NCCN1S(C)(=O)=O. The lowest BCUT2D eigenvalue weighted by molar-refractivity contribution is 0.0945. The van der Waals surface area contributed by atoms with Gasteiger partial charge in [-0.15, -0.1) is 11.3 Å². The van der Waals surface area contributed by atoms with Gasteiger partial charge in [0.1, 0.15) is 5.69 Å². The third-order valence-corrected chi connectivity index (χ3v) is 8.79. The summed E-state index contributed by atoms with van der Waals surface area (Å²) >= 11 is 8.76. The molecule has 0 amide bonds. The maximum atomic E-state index is 15.9. The van der Waals surface area contributed by atoms with Gasteiger partial charge >= 0.3 is 0 Å². The maximum absolute atomic E-state index is 15.9. The minimum atomic E-state index is -3.49. The first-order valence-electron chi connectivity index (χ1n) is 10.1. The van der Waals surface area contributed by atoms with E-state index < -0.39 is 33.8 Å².